The van der Waals surface area contributed by atoms with Crippen LogP contribution in [0.2, 0.25) is 0 Å². The maximum absolute atomic E-state index is 12.9. The fraction of sp³-hybridized carbons (Fsp3) is 0.118. The van der Waals surface area contributed by atoms with E-state index >= 15 is 0 Å². The van der Waals surface area contributed by atoms with Gasteiger partial charge in [-0.1, -0.05) is 0 Å². The summed E-state index contributed by atoms with van der Waals surface area (Å²) in [6, 6.07) is 8.26. The standard InChI is InChI=1S/C17H13FN2O5S/c1-20-16(22)13-7-4-11(8-14(13)17(20)23)19-15(21)9-26(24,25)12-5-2-10(18)3-6-12/h2-8H,9H2,1H3,(H,19,21). The van der Waals surface area contributed by atoms with Gasteiger partial charge >= 0.3 is 0 Å². The maximum atomic E-state index is 12.9. The highest BCUT2D eigenvalue weighted by Crippen LogP contribution is 2.24. The number of benzene rings is 2. The molecule has 0 radical (unpaired) electrons. The SMILES string of the molecule is CN1C(=O)c2ccc(NC(=O)CS(=O)(=O)c3ccc(F)cc3)cc2C1=O. The summed E-state index contributed by atoms with van der Waals surface area (Å²) in [6.45, 7) is 0. The third-order valence-corrected chi connectivity index (χ3v) is 5.50. The molecule has 0 atom stereocenters. The zero-order valence-corrected chi connectivity index (χ0v) is 14.3. The molecule has 1 heterocycles. The fourth-order valence-corrected chi connectivity index (χ4v) is 3.67. The van der Waals surface area contributed by atoms with E-state index in [0.29, 0.717) is 0 Å². The summed E-state index contributed by atoms with van der Waals surface area (Å²) in [5, 5.41) is 2.38. The molecule has 2 aromatic carbocycles. The lowest BCUT2D eigenvalue weighted by atomic mass is 10.1. The smallest absolute Gasteiger partial charge is 0.261 e. The highest BCUT2D eigenvalue weighted by molar-refractivity contribution is 7.92. The number of carbonyl (C=O) groups excluding carboxylic acids is 3. The van der Waals surface area contributed by atoms with E-state index < -0.39 is 39.1 Å². The van der Waals surface area contributed by atoms with Crippen molar-refractivity contribution < 1.29 is 27.2 Å². The summed E-state index contributed by atoms with van der Waals surface area (Å²) in [6.07, 6.45) is 0. The van der Waals surface area contributed by atoms with Crippen LogP contribution in [0.25, 0.3) is 0 Å². The van der Waals surface area contributed by atoms with Crippen molar-refractivity contribution >= 4 is 33.2 Å². The van der Waals surface area contributed by atoms with Gasteiger partial charge in [0.1, 0.15) is 11.6 Å². The molecule has 0 spiro atoms. The number of fused-ring (bicyclic) bond motifs is 1. The molecule has 9 heteroatoms. The van der Waals surface area contributed by atoms with Crippen LogP contribution in [-0.4, -0.2) is 43.8 Å². The van der Waals surface area contributed by atoms with Crippen LogP contribution in [0.4, 0.5) is 10.1 Å². The molecule has 0 saturated carbocycles. The minimum atomic E-state index is -3.94. The number of nitrogens with zero attached hydrogens (tertiary/aromatic N) is 1. The van der Waals surface area contributed by atoms with Gasteiger partial charge < -0.3 is 5.32 Å². The predicted octanol–water partition coefficient (Wildman–Crippen LogP) is 1.46. The average Bonchev–Trinajstić information content (AvgIpc) is 2.79. The van der Waals surface area contributed by atoms with Crippen LogP contribution in [0.1, 0.15) is 20.7 Å². The molecule has 1 N–H and O–H groups in total. The van der Waals surface area contributed by atoms with E-state index in [0.717, 1.165) is 29.2 Å². The number of anilines is 1. The van der Waals surface area contributed by atoms with Crippen molar-refractivity contribution in [3.8, 4) is 0 Å². The number of nitrogens with one attached hydrogen (secondary N) is 1. The Morgan fingerprint density at radius 3 is 2.31 bits per heavy atom. The van der Waals surface area contributed by atoms with Crippen molar-refractivity contribution in [2.75, 3.05) is 18.1 Å². The van der Waals surface area contributed by atoms with E-state index in [4.69, 9.17) is 0 Å². The van der Waals surface area contributed by atoms with Gasteiger partial charge in [0.25, 0.3) is 11.8 Å². The second-order valence-electron chi connectivity index (χ2n) is 5.69. The summed E-state index contributed by atoms with van der Waals surface area (Å²) < 4.78 is 37.3. The summed E-state index contributed by atoms with van der Waals surface area (Å²) in [5.74, 6) is -3.19. The molecule has 0 unspecified atom stereocenters. The van der Waals surface area contributed by atoms with Gasteiger partial charge in [-0.2, -0.15) is 0 Å². The first-order valence-electron chi connectivity index (χ1n) is 7.43. The van der Waals surface area contributed by atoms with Gasteiger partial charge in [0.2, 0.25) is 5.91 Å². The molecule has 0 bridgehead atoms. The third kappa shape index (κ3) is 3.21. The van der Waals surface area contributed by atoms with Crippen LogP contribution in [0.3, 0.4) is 0 Å². The van der Waals surface area contributed by atoms with E-state index in [1.807, 2.05) is 0 Å². The highest BCUT2D eigenvalue weighted by Gasteiger charge is 2.32. The molecule has 26 heavy (non-hydrogen) atoms. The maximum Gasteiger partial charge on any atom is 0.261 e. The number of imide groups is 1. The first-order chi connectivity index (χ1) is 12.2. The quantitative estimate of drug-likeness (QED) is 0.643. The van der Waals surface area contributed by atoms with E-state index in [-0.39, 0.29) is 21.7 Å². The van der Waals surface area contributed by atoms with Crippen molar-refractivity contribution in [2.24, 2.45) is 0 Å². The monoisotopic (exact) mass is 376 g/mol. The molecule has 7 nitrogen and oxygen atoms in total. The molecule has 1 aliphatic heterocycles. The number of sulfone groups is 1. The van der Waals surface area contributed by atoms with Gasteiger partial charge in [0.15, 0.2) is 9.84 Å². The molecule has 3 rings (SSSR count). The average molecular weight is 376 g/mol. The van der Waals surface area contributed by atoms with Crippen molar-refractivity contribution in [3.05, 3.63) is 59.4 Å². The fourth-order valence-electron chi connectivity index (χ4n) is 2.53. The Bertz CT molecular complexity index is 1030. The summed E-state index contributed by atoms with van der Waals surface area (Å²) >= 11 is 0. The molecular weight excluding hydrogens is 363 g/mol. The van der Waals surface area contributed by atoms with E-state index in [1.54, 1.807) is 0 Å². The number of rotatable bonds is 4. The summed E-state index contributed by atoms with van der Waals surface area (Å²) in [7, 11) is -2.60. The zero-order chi connectivity index (χ0) is 19.1. The van der Waals surface area contributed by atoms with E-state index in [1.165, 1.54) is 25.2 Å². The Hall–Kier alpha value is -3.07. The van der Waals surface area contributed by atoms with Crippen LogP contribution in [0.5, 0.6) is 0 Å². The number of carbonyl (C=O) groups is 3. The van der Waals surface area contributed by atoms with E-state index in [2.05, 4.69) is 5.32 Å². The van der Waals surface area contributed by atoms with Crippen LogP contribution in [0.15, 0.2) is 47.4 Å². The Balaban J connectivity index is 1.76. The van der Waals surface area contributed by atoms with Crippen LogP contribution >= 0.6 is 0 Å². The number of halogens is 1. The number of amides is 3. The van der Waals surface area contributed by atoms with Gasteiger partial charge in [0, 0.05) is 12.7 Å². The molecule has 3 amide bonds. The normalized spacial score (nSPS) is 13.7. The Kier molecular flexibility index (Phi) is 4.33. The molecule has 134 valence electrons. The van der Waals surface area contributed by atoms with E-state index in [9.17, 15) is 27.2 Å². The van der Waals surface area contributed by atoms with Crippen molar-refractivity contribution in [2.45, 2.75) is 4.90 Å². The minimum absolute atomic E-state index is 0.136. The Labute approximate surface area is 148 Å². The summed E-state index contributed by atoms with van der Waals surface area (Å²) in [4.78, 5) is 36.6. The second kappa shape index (κ2) is 6.34. The Morgan fingerprint density at radius 1 is 1.04 bits per heavy atom. The zero-order valence-electron chi connectivity index (χ0n) is 13.5. The largest absolute Gasteiger partial charge is 0.325 e. The molecule has 0 aromatic heterocycles. The van der Waals surface area contributed by atoms with Gasteiger partial charge in [-0.05, 0) is 42.5 Å². The van der Waals surface area contributed by atoms with Gasteiger partial charge in [0.05, 0.1) is 16.0 Å². The van der Waals surface area contributed by atoms with Crippen molar-refractivity contribution in [3.63, 3.8) is 0 Å². The third-order valence-electron chi connectivity index (χ3n) is 3.87. The lowest BCUT2D eigenvalue weighted by molar-refractivity contribution is -0.113. The minimum Gasteiger partial charge on any atom is -0.325 e. The van der Waals surface area contributed by atoms with Crippen LogP contribution in [-0.2, 0) is 14.6 Å². The second-order valence-corrected chi connectivity index (χ2v) is 7.68. The lowest BCUT2D eigenvalue weighted by Gasteiger charge is -2.07. The predicted molar refractivity (Wildman–Crippen MR) is 89.9 cm³/mol. The van der Waals surface area contributed by atoms with Crippen molar-refractivity contribution in [1.29, 1.82) is 0 Å². The lowest BCUT2D eigenvalue weighted by Crippen LogP contribution is -2.24. The number of hydrogen-bond donors (Lipinski definition) is 1. The molecule has 1 aliphatic rings. The molecule has 0 fully saturated rings. The molecule has 0 saturated heterocycles. The highest BCUT2D eigenvalue weighted by atomic mass is 32.2. The van der Waals surface area contributed by atoms with Gasteiger partial charge in [-0.25, -0.2) is 12.8 Å². The molecule has 2 aromatic rings. The van der Waals surface area contributed by atoms with Gasteiger partial charge in [-0.15, -0.1) is 0 Å². The molecular formula is C17H13FN2O5S. The number of hydrogen-bond acceptors (Lipinski definition) is 5. The molecule has 0 aliphatic carbocycles. The van der Waals surface area contributed by atoms with Crippen molar-refractivity contribution in [1.82, 2.24) is 4.90 Å². The Morgan fingerprint density at radius 2 is 1.65 bits per heavy atom. The summed E-state index contributed by atoms with van der Waals surface area (Å²) in [5.41, 5.74) is 0.547. The topological polar surface area (TPSA) is 101 Å². The first kappa shape index (κ1) is 17.7. The van der Waals surface area contributed by atoms with Crippen LogP contribution < -0.4 is 5.32 Å². The first-order valence-corrected chi connectivity index (χ1v) is 9.09. The van der Waals surface area contributed by atoms with Crippen LogP contribution in [0, 0.1) is 5.82 Å². The van der Waals surface area contributed by atoms with Gasteiger partial charge in [-0.3, -0.25) is 19.3 Å².